The summed E-state index contributed by atoms with van der Waals surface area (Å²) in [5, 5.41) is 2.92. The topological polar surface area (TPSA) is 75.7 Å². The molecule has 0 aromatic heterocycles. The molecule has 7 heteroatoms. The molecule has 0 bridgehead atoms. The molecule has 0 saturated carbocycles. The summed E-state index contributed by atoms with van der Waals surface area (Å²) < 4.78 is 31.2. The molecule has 2 aromatic carbocycles. The molecule has 0 unspecified atom stereocenters. The van der Waals surface area contributed by atoms with Gasteiger partial charge in [0.2, 0.25) is 15.9 Å². The lowest BCUT2D eigenvalue weighted by Crippen LogP contribution is -2.37. The number of aryl methyl sites for hydroxylation is 2. The van der Waals surface area contributed by atoms with Crippen LogP contribution in [0.4, 0.5) is 11.4 Å². The SMILES string of the molecule is CCOc1cccc(N(CC(=O)Nc2c(CC)cccc2CC)S(C)(=O)=O)c1. The first kappa shape index (κ1) is 21.8. The van der Waals surface area contributed by atoms with Gasteiger partial charge >= 0.3 is 0 Å². The van der Waals surface area contributed by atoms with E-state index in [-0.39, 0.29) is 12.5 Å². The van der Waals surface area contributed by atoms with Gasteiger partial charge in [0.05, 0.1) is 18.6 Å². The lowest BCUT2D eigenvalue weighted by Gasteiger charge is -2.23. The maximum atomic E-state index is 12.7. The summed E-state index contributed by atoms with van der Waals surface area (Å²) in [6.45, 7) is 6.05. The Morgan fingerprint density at radius 3 is 2.18 bits per heavy atom. The average Bonchev–Trinajstić information content (AvgIpc) is 2.66. The zero-order valence-electron chi connectivity index (χ0n) is 16.9. The molecule has 0 heterocycles. The highest BCUT2D eigenvalue weighted by molar-refractivity contribution is 7.92. The Hall–Kier alpha value is -2.54. The molecule has 0 radical (unpaired) electrons. The van der Waals surface area contributed by atoms with Crippen LogP contribution in [-0.2, 0) is 27.7 Å². The van der Waals surface area contributed by atoms with Gasteiger partial charge in [-0.3, -0.25) is 9.10 Å². The molecule has 2 rings (SSSR count). The van der Waals surface area contributed by atoms with Gasteiger partial charge in [-0.2, -0.15) is 0 Å². The van der Waals surface area contributed by atoms with Crippen molar-refractivity contribution in [3.8, 4) is 5.75 Å². The molecule has 28 heavy (non-hydrogen) atoms. The number of sulfonamides is 1. The van der Waals surface area contributed by atoms with Gasteiger partial charge in [-0.15, -0.1) is 0 Å². The van der Waals surface area contributed by atoms with Crippen LogP contribution in [0.3, 0.4) is 0 Å². The number of hydrogen-bond acceptors (Lipinski definition) is 4. The van der Waals surface area contributed by atoms with E-state index in [1.54, 1.807) is 24.3 Å². The summed E-state index contributed by atoms with van der Waals surface area (Å²) in [5.74, 6) is 0.168. The Bertz CT molecular complexity index is 904. The van der Waals surface area contributed by atoms with Crippen LogP contribution in [-0.4, -0.2) is 33.7 Å². The number of amides is 1. The quantitative estimate of drug-likeness (QED) is 0.693. The van der Waals surface area contributed by atoms with E-state index in [9.17, 15) is 13.2 Å². The van der Waals surface area contributed by atoms with Crippen LogP contribution >= 0.6 is 0 Å². The third kappa shape index (κ3) is 5.48. The number of nitrogens with one attached hydrogen (secondary N) is 1. The number of para-hydroxylation sites is 1. The molecular formula is C21H28N2O4S. The molecule has 0 saturated heterocycles. The molecule has 0 aliphatic heterocycles. The van der Waals surface area contributed by atoms with Gasteiger partial charge < -0.3 is 10.1 Å². The molecule has 0 fully saturated rings. The number of rotatable bonds is 9. The molecule has 1 amide bonds. The van der Waals surface area contributed by atoms with Crippen molar-refractivity contribution in [2.75, 3.05) is 29.0 Å². The minimum Gasteiger partial charge on any atom is -0.494 e. The maximum Gasteiger partial charge on any atom is 0.245 e. The van der Waals surface area contributed by atoms with Crippen LogP contribution < -0.4 is 14.4 Å². The molecule has 0 atom stereocenters. The molecule has 0 aliphatic carbocycles. The van der Waals surface area contributed by atoms with Crippen molar-refractivity contribution >= 4 is 27.3 Å². The largest absolute Gasteiger partial charge is 0.494 e. The Kier molecular flexibility index (Phi) is 7.45. The average molecular weight is 405 g/mol. The summed E-state index contributed by atoms with van der Waals surface area (Å²) in [4.78, 5) is 12.7. The van der Waals surface area contributed by atoms with Crippen molar-refractivity contribution in [1.82, 2.24) is 0 Å². The van der Waals surface area contributed by atoms with E-state index in [2.05, 4.69) is 5.32 Å². The van der Waals surface area contributed by atoms with Gasteiger partial charge in [0, 0.05) is 11.8 Å². The van der Waals surface area contributed by atoms with E-state index in [0.717, 1.165) is 40.2 Å². The second-order valence-corrected chi connectivity index (χ2v) is 8.31. The van der Waals surface area contributed by atoms with E-state index in [0.29, 0.717) is 18.0 Å². The predicted molar refractivity (Wildman–Crippen MR) is 114 cm³/mol. The Labute approximate surface area is 167 Å². The maximum absolute atomic E-state index is 12.7. The van der Waals surface area contributed by atoms with Crippen molar-refractivity contribution in [3.05, 3.63) is 53.6 Å². The van der Waals surface area contributed by atoms with Crippen LogP contribution in [0.5, 0.6) is 5.75 Å². The van der Waals surface area contributed by atoms with Crippen LogP contribution in [0.25, 0.3) is 0 Å². The molecular weight excluding hydrogens is 376 g/mol. The van der Waals surface area contributed by atoms with Crippen molar-refractivity contribution in [1.29, 1.82) is 0 Å². The zero-order valence-corrected chi connectivity index (χ0v) is 17.7. The number of ether oxygens (including phenoxy) is 1. The van der Waals surface area contributed by atoms with Crippen molar-refractivity contribution in [3.63, 3.8) is 0 Å². The number of hydrogen-bond donors (Lipinski definition) is 1. The Morgan fingerprint density at radius 2 is 1.64 bits per heavy atom. The van der Waals surface area contributed by atoms with Gasteiger partial charge in [0.1, 0.15) is 12.3 Å². The molecule has 6 nitrogen and oxygen atoms in total. The van der Waals surface area contributed by atoms with Crippen molar-refractivity contribution < 1.29 is 17.9 Å². The summed E-state index contributed by atoms with van der Waals surface area (Å²) in [6.07, 6.45) is 2.64. The van der Waals surface area contributed by atoms with E-state index >= 15 is 0 Å². The normalized spacial score (nSPS) is 11.1. The van der Waals surface area contributed by atoms with Crippen molar-refractivity contribution in [2.24, 2.45) is 0 Å². The van der Waals surface area contributed by atoms with Gasteiger partial charge in [-0.1, -0.05) is 38.1 Å². The summed E-state index contributed by atoms with van der Waals surface area (Å²) in [7, 11) is -3.65. The number of benzene rings is 2. The second-order valence-electron chi connectivity index (χ2n) is 6.41. The second kappa shape index (κ2) is 9.59. The van der Waals surface area contributed by atoms with E-state index < -0.39 is 10.0 Å². The standard InChI is InChI=1S/C21H28N2O4S/c1-5-16-10-8-11-17(6-2)21(16)22-20(24)15-23(28(4,25)26)18-12-9-13-19(14-18)27-7-3/h8-14H,5-7,15H2,1-4H3,(H,22,24). The first-order chi connectivity index (χ1) is 13.3. The number of anilines is 2. The molecule has 2 aromatic rings. The lowest BCUT2D eigenvalue weighted by atomic mass is 10.0. The Morgan fingerprint density at radius 1 is 1.04 bits per heavy atom. The van der Waals surface area contributed by atoms with Crippen LogP contribution in [0.1, 0.15) is 31.9 Å². The lowest BCUT2D eigenvalue weighted by molar-refractivity contribution is -0.114. The number of carbonyl (C=O) groups excluding carboxylic acids is 1. The van der Waals surface area contributed by atoms with E-state index in [1.807, 2.05) is 39.0 Å². The van der Waals surface area contributed by atoms with Gasteiger partial charge in [-0.05, 0) is 43.0 Å². The molecule has 152 valence electrons. The third-order valence-electron chi connectivity index (χ3n) is 4.37. The van der Waals surface area contributed by atoms with Gasteiger partial charge in [0.25, 0.3) is 0 Å². The van der Waals surface area contributed by atoms with Gasteiger partial charge in [0.15, 0.2) is 0 Å². The minimum absolute atomic E-state index is 0.310. The molecule has 1 N–H and O–H groups in total. The van der Waals surface area contributed by atoms with E-state index in [4.69, 9.17) is 4.74 Å². The fourth-order valence-corrected chi connectivity index (χ4v) is 3.86. The number of carbonyl (C=O) groups is 1. The molecule has 0 spiro atoms. The Balaban J connectivity index is 2.30. The zero-order chi connectivity index (χ0) is 20.7. The smallest absolute Gasteiger partial charge is 0.245 e. The predicted octanol–water partition coefficient (Wildman–Crippen LogP) is 3.61. The minimum atomic E-state index is -3.65. The van der Waals surface area contributed by atoms with Crippen LogP contribution in [0, 0.1) is 0 Å². The van der Waals surface area contributed by atoms with Crippen molar-refractivity contribution in [2.45, 2.75) is 33.6 Å². The van der Waals surface area contributed by atoms with Crippen LogP contribution in [0.2, 0.25) is 0 Å². The summed E-state index contributed by atoms with van der Waals surface area (Å²) >= 11 is 0. The van der Waals surface area contributed by atoms with Gasteiger partial charge in [-0.25, -0.2) is 8.42 Å². The fraction of sp³-hybridized carbons (Fsp3) is 0.381. The number of nitrogens with zero attached hydrogens (tertiary/aromatic N) is 1. The third-order valence-corrected chi connectivity index (χ3v) is 5.51. The first-order valence-electron chi connectivity index (χ1n) is 9.41. The summed E-state index contributed by atoms with van der Waals surface area (Å²) in [6, 6.07) is 12.6. The highest BCUT2D eigenvalue weighted by Gasteiger charge is 2.22. The van der Waals surface area contributed by atoms with Crippen LogP contribution in [0.15, 0.2) is 42.5 Å². The highest BCUT2D eigenvalue weighted by Crippen LogP contribution is 2.25. The molecule has 0 aliphatic rings. The highest BCUT2D eigenvalue weighted by atomic mass is 32.2. The fourth-order valence-electron chi connectivity index (χ4n) is 3.01. The first-order valence-corrected chi connectivity index (χ1v) is 11.3. The van der Waals surface area contributed by atoms with E-state index in [1.165, 1.54) is 0 Å². The summed E-state index contributed by atoms with van der Waals surface area (Å²) in [5.41, 5.74) is 3.21. The monoisotopic (exact) mass is 404 g/mol.